The third-order valence-electron chi connectivity index (χ3n) is 3.84. The highest BCUT2D eigenvalue weighted by Gasteiger charge is 2.24. The average Bonchev–Trinajstić information content (AvgIpc) is 2.53. The van der Waals surface area contributed by atoms with Crippen molar-refractivity contribution < 1.29 is 4.74 Å². The quantitative estimate of drug-likeness (QED) is 0.701. The second-order valence-corrected chi connectivity index (χ2v) is 5.08. The van der Waals surface area contributed by atoms with Crippen LogP contribution >= 0.6 is 0 Å². The Balaban J connectivity index is 2.46. The molecule has 0 saturated heterocycles. The van der Waals surface area contributed by atoms with Gasteiger partial charge in [-0.05, 0) is 25.7 Å². The van der Waals surface area contributed by atoms with E-state index in [9.17, 15) is 0 Å². The highest BCUT2D eigenvalue weighted by Crippen LogP contribution is 2.21. The van der Waals surface area contributed by atoms with Crippen LogP contribution in [0.5, 0.6) is 0 Å². The van der Waals surface area contributed by atoms with Crippen molar-refractivity contribution in [2.75, 3.05) is 7.11 Å². The van der Waals surface area contributed by atoms with E-state index in [1.807, 2.05) is 7.11 Å². The molecule has 3 unspecified atom stereocenters. The van der Waals surface area contributed by atoms with Crippen molar-refractivity contribution in [3.05, 3.63) is 0 Å². The normalized spacial score (nSPS) is 28.7. The van der Waals surface area contributed by atoms with E-state index < -0.39 is 0 Å². The van der Waals surface area contributed by atoms with Crippen molar-refractivity contribution in [3.63, 3.8) is 0 Å². The van der Waals surface area contributed by atoms with Gasteiger partial charge in [0.05, 0.1) is 6.10 Å². The van der Waals surface area contributed by atoms with Crippen LogP contribution in [0.1, 0.15) is 65.2 Å². The number of nitrogens with one attached hydrogen (secondary N) is 1. The highest BCUT2D eigenvalue weighted by atomic mass is 16.5. The minimum absolute atomic E-state index is 0.438. The van der Waals surface area contributed by atoms with E-state index in [1.54, 1.807) is 0 Å². The van der Waals surface area contributed by atoms with Crippen molar-refractivity contribution in [1.82, 2.24) is 5.32 Å². The van der Waals surface area contributed by atoms with Crippen molar-refractivity contribution >= 4 is 0 Å². The molecule has 1 fully saturated rings. The molecule has 16 heavy (non-hydrogen) atoms. The zero-order valence-electron chi connectivity index (χ0n) is 11.3. The molecule has 0 aromatic heterocycles. The van der Waals surface area contributed by atoms with E-state index in [0.717, 1.165) is 0 Å². The molecule has 0 amide bonds. The van der Waals surface area contributed by atoms with Crippen LogP contribution < -0.4 is 5.32 Å². The predicted molar refractivity (Wildman–Crippen MR) is 69.8 cm³/mol. The summed E-state index contributed by atoms with van der Waals surface area (Å²) in [6.45, 7) is 4.55. The van der Waals surface area contributed by atoms with Crippen molar-refractivity contribution in [2.24, 2.45) is 0 Å². The molecule has 1 aliphatic rings. The fraction of sp³-hybridized carbons (Fsp3) is 1.00. The van der Waals surface area contributed by atoms with Crippen molar-refractivity contribution in [2.45, 2.75) is 83.4 Å². The molecule has 1 aliphatic carbocycles. The van der Waals surface area contributed by atoms with Gasteiger partial charge in [-0.15, -0.1) is 0 Å². The van der Waals surface area contributed by atoms with Gasteiger partial charge in [-0.3, -0.25) is 0 Å². The second-order valence-electron chi connectivity index (χ2n) is 5.08. The first kappa shape index (κ1) is 14.0. The first-order valence-electron chi connectivity index (χ1n) is 7.10. The number of hydrogen-bond acceptors (Lipinski definition) is 2. The summed E-state index contributed by atoms with van der Waals surface area (Å²) in [7, 11) is 1.87. The molecular formula is C14H29NO. The molecule has 2 heteroatoms. The number of hydrogen-bond donors (Lipinski definition) is 1. The van der Waals surface area contributed by atoms with Crippen LogP contribution in [0.25, 0.3) is 0 Å². The van der Waals surface area contributed by atoms with Gasteiger partial charge in [0.2, 0.25) is 0 Å². The molecule has 96 valence electrons. The van der Waals surface area contributed by atoms with Crippen LogP contribution in [0.2, 0.25) is 0 Å². The maximum atomic E-state index is 5.64. The molecule has 3 atom stereocenters. The summed E-state index contributed by atoms with van der Waals surface area (Å²) in [6.07, 6.45) is 10.8. The summed E-state index contributed by atoms with van der Waals surface area (Å²) in [5.74, 6) is 0. The minimum atomic E-state index is 0.438. The average molecular weight is 227 g/mol. The Morgan fingerprint density at radius 2 is 1.94 bits per heavy atom. The fourth-order valence-electron chi connectivity index (χ4n) is 2.80. The van der Waals surface area contributed by atoms with E-state index in [-0.39, 0.29) is 0 Å². The Bertz CT molecular complexity index is 172. The molecule has 0 spiro atoms. The lowest BCUT2D eigenvalue weighted by Crippen LogP contribution is -2.45. The number of ether oxygens (including phenoxy) is 1. The van der Waals surface area contributed by atoms with Gasteiger partial charge in [-0.1, -0.05) is 39.5 Å². The van der Waals surface area contributed by atoms with Gasteiger partial charge in [0.25, 0.3) is 0 Å². The van der Waals surface area contributed by atoms with Gasteiger partial charge < -0.3 is 10.1 Å². The van der Waals surface area contributed by atoms with Crippen LogP contribution in [0, 0.1) is 0 Å². The molecule has 1 N–H and O–H groups in total. The molecule has 0 bridgehead atoms. The van der Waals surface area contributed by atoms with Gasteiger partial charge in [0.1, 0.15) is 0 Å². The van der Waals surface area contributed by atoms with Crippen LogP contribution in [0.3, 0.4) is 0 Å². The monoisotopic (exact) mass is 227 g/mol. The zero-order chi connectivity index (χ0) is 11.8. The van der Waals surface area contributed by atoms with Crippen molar-refractivity contribution in [1.29, 1.82) is 0 Å². The van der Waals surface area contributed by atoms with Crippen LogP contribution in [-0.2, 0) is 4.74 Å². The highest BCUT2D eigenvalue weighted by molar-refractivity contribution is 4.83. The van der Waals surface area contributed by atoms with Gasteiger partial charge in [-0.25, -0.2) is 0 Å². The molecule has 1 saturated carbocycles. The molecule has 0 radical (unpaired) electrons. The van der Waals surface area contributed by atoms with E-state index in [4.69, 9.17) is 4.74 Å². The number of methoxy groups -OCH3 is 1. The van der Waals surface area contributed by atoms with Gasteiger partial charge in [0, 0.05) is 19.2 Å². The Kier molecular flexibility index (Phi) is 7.06. The lowest BCUT2D eigenvalue weighted by Gasteiger charge is -2.29. The van der Waals surface area contributed by atoms with E-state index in [0.29, 0.717) is 18.2 Å². The topological polar surface area (TPSA) is 21.3 Å². The predicted octanol–water partition coefficient (Wildman–Crippen LogP) is 3.50. The smallest absolute Gasteiger partial charge is 0.0724 e. The Hall–Kier alpha value is -0.0800. The molecule has 0 aromatic rings. The maximum absolute atomic E-state index is 5.64. The fourth-order valence-corrected chi connectivity index (χ4v) is 2.80. The van der Waals surface area contributed by atoms with E-state index in [2.05, 4.69) is 19.2 Å². The van der Waals surface area contributed by atoms with Crippen LogP contribution in [0.4, 0.5) is 0 Å². The lowest BCUT2D eigenvalue weighted by molar-refractivity contribution is 0.0583. The second kappa shape index (κ2) is 8.08. The maximum Gasteiger partial charge on any atom is 0.0724 e. The van der Waals surface area contributed by atoms with E-state index in [1.165, 1.54) is 51.4 Å². The third-order valence-corrected chi connectivity index (χ3v) is 3.84. The Labute approximate surface area is 101 Å². The molecule has 2 nitrogen and oxygen atoms in total. The zero-order valence-corrected chi connectivity index (χ0v) is 11.3. The van der Waals surface area contributed by atoms with Crippen LogP contribution in [-0.4, -0.2) is 25.3 Å². The number of rotatable bonds is 6. The van der Waals surface area contributed by atoms with Gasteiger partial charge in [0.15, 0.2) is 0 Å². The molecular weight excluding hydrogens is 198 g/mol. The molecule has 1 rings (SSSR count). The Morgan fingerprint density at radius 3 is 2.56 bits per heavy atom. The molecule has 0 aliphatic heterocycles. The third kappa shape index (κ3) is 4.42. The molecule has 0 aromatic carbocycles. The van der Waals surface area contributed by atoms with Crippen LogP contribution in [0.15, 0.2) is 0 Å². The molecule has 0 heterocycles. The summed E-state index contributed by atoms with van der Waals surface area (Å²) in [6, 6.07) is 1.27. The SMILES string of the molecule is CCCC(CC)NC1CCCCCC1OC. The largest absolute Gasteiger partial charge is 0.380 e. The van der Waals surface area contributed by atoms with Gasteiger partial charge >= 0.3 is 0 Å². The Morgan fingerprint density at radius 1 is 1.19 bits per heavy atom. The first-order chi connectivity index (χ1) is 7.81. The summed E-state index contributed by atoms with van der Waals surface area (Å²) in [5, 5.41) is 3.82. The first-order valence-corrected chi connectivity index (χ1v) is 7.10. The van der Waals surface area contributed by atoms with E-state index >= 15 is 0 Å². The minimum Gasteiger partial charge on any atom is -0.380 e. The van der Waals surface area contributed by atoms with Gasteiger partial charge in [-0.2, -0.15) is 0 Å². The summed E-state index contributed by atoms with van der Waals surface area (Å²) in [4.78, 5) is 0. The summed E-state index contributed by atoms with van der Waals surface area (Å²) in [5.41, 5.74) is 0. The summed E-state index contributed by atoms with van der Waals surface area (Å²) >= 11 is 0. The summed E-state index contributed by atoms with van der Waals surface area (Å²) < 4.78 is 5.64. The van der Waals surface area contributed by atoms with Crippen molar-refractivity contribution in [3.8, 4) is 0 Å². The lowest BCUT2D eigenvalue weighted by atomic mass is 10.0. The standard InChI is InChI=1S/C14H29NO/c1-4-9-12(5-2)15-13-10-7-6-8-11-14(13)16-3/h12-15H,4-11H2,1-3H3.